The van der Waals surface area contributed by atoms with Crippen LogP contribution in [0.3, 0.4) is 0 Å². The molecule has 0 bridgehead atoms. The number of amides is 1. The zero-order valence-corrected chi connectivity index (χ0v) is 11.2. The number of hydrogen-bond donors (Lipinski definition) is 1. The largest absolute Gasteiger partial charge is 0.459 e. The zero-order chi connectivity index (χ0) is 13.8. The summed E-state index contributed by atoms with van der Waals surface area (Å²) in [5.41, 5.74) is 1.11. The SMILES string of the molecule is O=C(Nc1ccc(N2CCCCC2)cn1)c1ccco1. The van der Waals surface area contributed by atoms with Gasteiger partial charge in [-0.1, -0.05) is 0 Å². The van der Waals surface area contributed by atoms with Crippen molar-refractivity contribution in [2.75, 3.05) is 23.3 Å². The standard InChI is InChI=1S/C15H17N3O2/c19-15(13-5-4-10-20-13)17-14-7-6-12(11-16-14)18-8-2-1-3-9-18/h4-7,10-11H,1-3,8-9H2,(H,16,17,19). The van der Waals surface area contributed by atoms with Crippen LogP contribution in [-0.2, 0) is 0 Å². The maximum Gasteiger partial charge on any atom is 0.292 e. The van der Waals surface area contributed by atoms with E-state index in [0.717, 1.165) is 18.8 Å². The van der Waals surface area contributed by atoms with E-state index in [9.17, 15) is 4.79 Å². The number of carbonyl (C=O) groups is 1. The summed E-state index contributed by atoms with van der Waals surface area (Å²) in [6, 6.07) is 7.13. The van der Waals surface area contributed by atoms with Gasteiger partial charge < -0.3 is 14.6 Å². The summed E-state index contributed by atoms with van der Waals surface area (Å²) in [6.45, 7) is 2.17. The Morgan fingerprint density at radius 1 is 1.20 bits per heavy atom. The Balaban J connectivity index is 1.65. The van der Waals surface area contributed by atoms with Crippen LogP contribution in [0.1, 0.15) is 29.8 Å². The molecule has 0 aliphatic carbocycles. The van der Waals surface area contributed by atoms with Crippen molar-refractivity contribution in [3.8, 4) is 0 Å². The Labute approximate surface area is 117 Å². The molecule has 0 aromatic carbocycles. The number of hydrogen-bond acceptors (Lipinski definition) is 4. The number of pyridine rings is 1. The van der Waals surface area contributed by atoms with Gasteiger partial charge in [0.2, 0.25) is 0 Å². The summed E-state index contributed by atoms with van der Waals surface area (Å²) in [5, 5.41) is 2.71. The molecule has 0 radical (unpaired) electrons. The monoisotopic (exact) mass is 271 g/mol. The molecule has 3 heterocycles. The Bertz CT molecular complexity index is 557. The van der Waals surface area contributed by atoms with Gasteiger partial charge in [-0.05, 0) is 43.5 Å². The highest BCUT2D eigenvalue weighted by molar-refractivity contribution is 6.01. The number of anilines is 2. The summed E-state index contributed by atoms with van der Waals surface area (Å²) in [5.74, 6) is 0.535. The van der Waals surface area contributed by atoms with E-state index in [1.807, 2.05) is 18.3 Å². The molecule has 3 rings (SSSR count). The number of furan rings is 1. The van der Waals surface area contributed by atoms with Crippen LogP contribution in [0.15, 0.2) is 41.1 Å². The van der Waals surface area contributed by atoms with E-state index in [4.69, 9.17) is 4.42 Å². The molecule has 1 saturated heterocycles. The topological polar surface area (TPSA) is 58.4 Å². The van der Waals surface area contributed by atoms with Crippen LogP contribution in [-0.4, -0.2) is 24.0 Å². The molecule has 5 nitrogen and oxygen atoms in total. The Kier molecular flexibility index (Phi) is 3.67. The normalized spacial score (nSPS) is 15.1. The lowest BCUT2D eigenvalue weighted by Gasteiger charge is -2.28. The molecule has 0 atom stereocenters. The van der Waals surface area contributed by atoms with E-state index in [-0.39, 0.29) is 11.7 Å². The van der Waals surface area contributed by atoms with Gasteiger partial charge in [-0.2, -0.15) is 0 Å². The molecule has 2 aromatic rings. The number of carbonyl (C=O) groups excluding carboxylic acids is 1. The molecule has 1 aliphatic heterocycles. The fourth-order valence-corrected chi connectivity index (χ4v) is 2.38. The minimum absolute atomic E-state index is 0.284. The lowest BCUT2D eigenvalue weighted by atomic mass is 10.1. The van der Waals surface area contributed by atoms with Gasteiger partial charge in [-0.15, -0.1) is 0 Å². The Hall–Kier alpha value is -2.30. The summed E-state index contributed by atoms with van der Waals surface area (Å²) < 4.78 is 5.04. The first-order valence-electron chi connectivity index (χ1n) is 6.89. The zero-order valence-electron chi connectivity index (χ0n) is 11.2. The van der Waals surface area contributed by atoms with E-state index in [2.05, 4.69) is 15.2 Å². The van der Waals surface area contributed by atoms with Gasteiger partial charge in [0.25, 0.3) is 5.91 Å². The molecule has 0 spiro atoms. The minimum atomic E-state index is -0.284. The summed E-state index contributed by atoms with van der Waals surface area (Å²) in [6.07, 6.45) is 7.06. The first-order valence-corrected chi connectivity index (χ1v) is 6.89. The number of aromatic nitrogens is 1. The van der Waals surface area contributed by atoms with E-state index >= 15 is 0 Å². The van der Waals surface area contributed by atoms with Gasteiger partial charge in [-0.3, -0.25) is 4.79 Å². The van der Waals surface area contributed by atoms with Crippen LogP contribution < -0.4 is 10.2 Å². The first kappa shape index (κ1) is 12.7. The van der Waals surface area contributed by atoms with Crippen LogP contribution in [0.2, 0.25) is 0 Å². The maximum absolute atomic E-state index is 11.8. The molecule has 1 aliphatic rings. The summed E-state index contributed by atoms with van der Waals surface area (Å²) >= 11 is 0. The van der Waals surface area contributed by atoms with Crippen molar-refractivity contribution in [1.29, 1.82) is 0 Å². The summed E-state index contributed by atoms with van der Waals surface area (Å²) in [7, 11) is 0. The van der Waals surface area contributed by atoms with Crippen LogP contribution in [0.25, 0.3) is 0 Å². The maximum atomic E-state index is 11.8. The molecular weight excluding hydrogens is 254 g/mol. The molecule has 2 aromatic heterocycles. The van der Waals surface area contributed by atoms with E-state index in [0.29, 0.717) is 5.82 Å². The van der Waals surface area contributed by atoms with Gasteiger partial charge in [0.05, 0.1) is 18.1 Å². The first-order chi connectivity index (χ1) is 9.83. The summed E-state index contributed by atoms with van der Waals surface area (Å²) in [4.78, 5) is 18.4. The second-order valence-corrected chi connectivity index (χ2v) is 4.88. The second-order valence-electron chi connectivity index (χ2n) is 4.88. The van der Waals surface area contributed by atoms with Crippen LogP contribution in [0.5, 0.6) is 0 Å². The molecule has 20 heavy (non-hydrogen) atoms. The Morgan fingerprint density at radius 2 is 2.05 bits per heavy atom. The molecule has 5 heteroatoms. The van der Waals surface area contributed by atoms with Crippen molar-refractivity contribution in [2.45, 2.75) is 19.3 Å². The predicted molar refractivity (Wildman–Crippen MR) is 77.0 cm³/mol. The fourth-order valence-electron chi connectivity index (χ4n) is 2.38. The van der Waals surface area contributed by atoms with Crippen LogP contribution in [0.4, 0.5) is 11.5 Å². The second kappa shape index (κ2) is 5.77. The van der Waals surface area contributed by atoms with Crippen molar-refractivity contribution in [2.24, 2.45) is 0 Å². The third-order valence-corrected chi connectivity index (χ3v) is 3.46. The molecule has 104 valence electrons. The molecule has 1 N–H and O–H groups in total. The average Bonchev–Trinajstić information content (AvgIpc) is 3.03. The average molecular weight is 271 g/mol. The predicted octanol–water partition coefficient (Wildman–Crippen LogP) is 2.92. The van der Waals surface area contributed by atoms with Crippen molar-refractivity contribution >= 4 is 17.4 Å². The van der Waals surface area contributed by atoms with Gasteiger partial charge in [0.15, 0.2) is 5.76 Å². The third-order valence-electron chi connectivity index (χ3n) is 3.46. The smallest absolute Gasteiger partial charge is 0.292 e. The minimum Gasteiger partial charge on any atom is -0.459 e. The molecule has 1 fully saturated rings. The fraction of sp³-hybridized carbons (Fsp3) is 0.333. The van der Waals surface area contributed by atoms with E-state index < -0.39 is 0 Å². The highest BCUT2D eigenvalue weighted by Crippen LogP contribution is 2.20. The van der Waals surface area contributed by atoms with Gasteiger partial charge in [-0.25, -0.2) is 4.98 Å². The Morgan fingerprint density at radius 3 is 2.70 bits per heavy atom. The lowest BCUT2D eigenvalue weighted by Crippen LogP contribution is -2.29. The highest BCUT2D eigenvalue weighted by atomic mass is 16.3. The molecule has 1 amide bonds. The van der Waals surface area contributed by atoms with E-state index in [1.165, 1.54) is 25.5 Å². The van der Waals surface area contributed by atoms with E-state index in [1.54, 1.807) is 12.1 Å². The lowest BCUT2D eigenvalue weighted by molar-refractivity contribution is 0.0996. The van der Waals surface area contributed by atoms with Gasteiger partial charge in [0.1, 0.15) is 5.82 Å². The molecular formula is C15H17N3O2. The van der Waals surface area contributed by atoms with Crippen molar-refractivity contribution in [3.05, 3.63) is 42.5 Å². The third kappa shape index (κ3) is 2.82. The van der Waals surface area contributed by atoms with Gasteiger partial charge in [0, 0.05) is 13.1 Å². The molecule has 0 saturated carbocycles. The number of nitrogens with one attached hydrogen (secondary N) is 1. The van der Waals surface area contributed by atoms with Crippen molar-refractivity contribution < 1.29 is 9.21 Å². The quantitative estimate of drug-likeness (QED) is 0.932. The van der Waals surface area contributed by atoms with Crippen LogP contribution >= 0.6 is 0 Å². The van der Waals surface area contributed by atoms with Crippen molar-refractivity contribution in [3.63, 3.8) is 0 Å². The van der Waals surface area contributed by atoms with Gasteiger partial charge >= 0.3 is 0 Å². The number of piperidine rings is 1. The molecule has 0 unspecified atom stereocenters. The number of nitrogens with zero attached hydrogens (tertiary/aromatic N) is 2. The van der Waals surface area contributed by atoms with Crippen LogP contribution in [0, 0.1) is 0 Å². The number of rotatable bonds is 3. The highest BCUT2D eigenvalue weighted by Gasteiger charge is 2.12. The van der Waals surface area contributed by atoms with Crippen molar-refractivity contribution in [1.82, 2.24) is 4.98 Å².